The summed E-state index contributed by atoms with van der Waals surface area (Å²) in [4.78, 5) is 0.180. The molecule has 0 saturated heterocycles. The highest BCUT2D eigenvalue weighted by Crippen LogP contribution is 2.38. The van der Waals surface area contributed by atoms with Crippen molar-refractivity contribution in [3.05, 3.63) is 95.0 Å². The number of nitrogens with one attached hydrogen (secondary N) is 1. The van der Waals surface area contributed by atoms with Gasteiger partial charge in [0, 0.05) is 16.1 Å². The first-order chi connectivity index (χ1) is 13.5. The number of fused-ring (bicyclic) bond motifs is 4. The fourth-order valence-electron chi connectivity index (χ4n) is 3.90. The SMILES string of the molecule is O=S(=O)(Nc1ccc2c(c1)Cc1ccccc1-2)c1cccc2cccc(Cl)c12. The summed E-state index contributed by atoms with van der Waals surface area (Å²) in [5, 5.41) is 1.75. The van der Waals surface area contributed by atoms with E-state index < -0.39 is 10.0 Å². The van der Waals surface area contributed by atoms with E-state index in [-0.39, 0.29) is 4.90 Å². The Morgan fingerprint density at radius 2 is 1.54 bits per heavy atom. The third-order valence-corrected chi connectivity index (χ3v) is 6.89. The number of sulfonamides is 1. The van der Waals surface area contributed by atoms with E-state index in [1.165, 1.54) is 11.1 Å². The largest absolute Gasteiger partial charge is 0.280 e. The Morgan fingerprint density at radius 3 is 2.39 bits per heavy atom. The lowest BCUT2D eigenvalue weighted by molar-refractivity contribution is 0.602. The van der Waals surface area contributed by atoms with Crippen LogP contribution in [-0.4, -0.2) is 8.42 Å². The molecule has 0 bridgehead atoms. The van der Waals surface area contributed by atoms with Crippen molar-refractivity contribution in [2.45, 2.75) is 11.3 Å². The zero-order chi connectivity index (χ0) is 19.3. The molecule has 1 N–H and O–H groups in total. The van der Waals surface area contributed by atoms with Crippen LogP contribution in [0.1, 0.15) is 11.1 Å². The van der Waals surface area contributed by atoms with Gasteiger partial charge in [0.1, 0.15) is 0 Å². The van der Waals surface area contributed by atoms with Gasteiger partial charge in [0.25, 0.3) is 10.0 Å². The molecule has 0 aliphatic heterocycles. The lowest BCUT2D eigenvalue weighted by Crippen LogP contribution is -2.13. The Bertz CT molecular complexity index is 1340. The third-order valence-electron chi connectivity index (χ3n) is 5.15. The van der Waals surface area contributed by atoms with Crippen LogP contribution in [0.15, 0.2) is 83.8 Å². The van der Waals surface area contributed by atoms with E-state index in [9.17, 15) is 8.42 Å². The van der Waals surface area contributed by atoms with Gasteiger partial charge in [-0.25, -0.2) is 8.42 Å². The van der Waals surface area contributed by atoms with Gasteiger partial charge in [-0.05, 0) is 58.3 Å². The first kappa shape index (κ1) is 17.3. The van der Waals surface area contributed by atoms with Crippen molar-refractivity contribution >= 4 is 38.1 Å². The van der Waals surface area contributed by atoms with Gasteiger partial charge in [0.05, 0.1) is 4.90 Å². The molecule has 138 valence electrons. The number of benzene rings is 4. The highest BCUT2D eigenvalue weighted by atomic mass is 35.5. The number of halogens is 1. The standard InChI is InChI=1S/C23H16ClNO2S/c24-21-9-3-6-15-7-4-10-22(23(15)21)28(26,27)25-18-11-12-20-17(14-18)13-16-5-1-2-8-19(16)20/h1-12,14,25H,13H2. The molecular formula is C23H16ClNO2S. The Hall–Kier alpha value is -2.82. The molecule has 4 aromatic rings. The minimum atomic E-state index is -3.78. The highest BCUT2D eigenvalue weighted by molar-refractivity contribution is 7.93. The monoisotopic (exact) mass is 405 g/mol. The molecule has 0 radical (unpaired) electrons. The smallest absolute Gasteiger partial charge is 0.262 e. The van der Waals surface area contributed by atoms with Crippen LogP contribution in [-0.2, 0) is 16.4 Å². The van der Waals surface area contributed by atoms with Crippen LogP contribution in [0.2, 0.25) is 5.02 Å². The topological polar surface area (TPSA) is 46.2 Å². The Kier molecular flexibility index (Phi) is 3.93. The van der Waals surface area contributed by atoms with E-state index in [1.807, 2.05) is 48.5 Å². The van der Waals surface area contributed by atoms with Gasteiger partial charge < -0.3 is 0 Å². The normalized spacial score (nSPS) is 12.6. The van der Waals surface area contributed by atoms with Crippen LogP contribution in [0.3, 0.4) is 0 Å². The minimum absolute atomic E-state index is 0.180. The lowest BCUT2D eigenvalue weighted by atomic mass is 10.1. The molecule has 5 heteroatoms. The molecule has 0 saturated carbocycles. The molecule has 0 heterocycles. The molecule has 3 nitrogen and oxygen atoms in total. The minimum Gasteiger partial charge on any atom is -0.280 e. The van der Waals surface area contributed by atoms with Crippen LogP contribution in [0, 0.1) is 0 Å². The van der Waals surface area contributed by atoms with Crippen molar-refractivity contribution < 1.29 is 8.42 Å². The molecule has 28 heavy (non-hydrogen) atoms. The maximum Gasteiger partial charge on any atom is 0.262 e. The molecule has 0 aromatic heterocycles. The fourth-order valence-corrected chi connectivity index (χ4v) is 5.55. The van der Waals surface area contributed by atoms with Gasteiger partial charge >= 0.3 is 0 Å². The molecule has 0 spiro atoms. The quantitative estimate of drug-likeness (QED) is 0.408. The van der Waals surface area contributed by atoms with Gasteiger partial charge in [-0.3, -0.25) is 4.72 Å². The van der Waals surface area contributed by atoms with E-state index >= 15 is 0 Å². The van der Waals surface area contributed by atoms with Crippen LogP contribution in [0.5, 0.6) is 0 Å². The molecule has 0 amide bonds. The molecule has 1 aliphatic carbocycles. The van der Waals surface area contributed by atoms with Crippen molar-refractivity contribution in [3.8, 4) is 11.1 Å². The van der Waals surface area contributed by atoms with Crippen molar-refractivity contribution in [2.24, 2.45) is 0 Å². The van der Waals surface area contributed by atoms with Gasteiger partial charge in [0.2, 0.25) is 0 Å². The van der Waals surface area contributed by atoms with Gasteiger partial charge in [0.15, 0.2) is 0 Å². The van der Waals surface area contributed by atoms with Crippen molar-refractivity contribution in [2.75, 3.05) is 4.72 Å². The molecule has 4 aromatic carbocycles. The number of hydrogen-bond donors (Lipinski definition) is 1. The summed E-state index contributed by atoms with van der Waals surface area (Å²) in [7, 11) is -3.78. The lowest BCUT2D eigenvalue weighted by Gasteiger charge is -2.12. The van der Waals surface area contributed by atoms with Crippen molar-refractivity contribution in [1.82, 2.24) is 0 Å². The summed E-state index contributed by atoms with van der Waals surface area (Å²) in [6, 6.07) is 24.5. The molecule has 0 atom stereocenters. The van der Waals surface area contributed by atoms with E-state index in [2.05, 4.69) is 16.9 Å². The van der Waals surface area contributed by atoms with Crippen molar-refractivity contribution in [1.29, 1.82) is 0 Å². The Labute approximate surface area is 168 Å². The predicted molar refractivity (Wildman–Crippen MR) is 114 cm³/mol. The number of hydrogen-bond acceptors (Lipinski definition) is 2. The Morgan fingerprint density at radius 1 is 0.786 bits per heavy atom. The zero-order valence-corrected chi connectivity index (χ0v) is 16.4. The summed E-state index contributed by atoms with van der Waals surface area (Å²) in [5.41, 5.74) is 5.31. The fraction of sp³-hybridized carbons (Fsp3) is 0.0435. The van der Waals surface area contributed by atoms with Crippen LogP contribution in [0.25, 0.3) is 21.9 Å². The van der Waals surface area contributed by atoms with Gasteiger partial charge in [-0.2, -0.15) is 0 Å². The predicted octanol–water partition coefficient (Wildman–Crippen LogP) is 5.87. The van der Waals surface area contributed by atoms with Crippen LogP contribution >= 0.6 is 11.6 Å². The zero-order valence-electron chi connectivity index (χ0n) is 14.8. The maximum atomic E-state index is 13.1. The Balaban J connectivity index is 1.55. The third kappa shape index (κ3) is 2.77. The summed E-state index contributed by atoms with van der Waals surface area (Å²) >= 11 is 6.31. The first-order valence-corrected chi connectivity index (χ1v) is 10.8. The van der Waals surface area contributed by atoms with Crippen LogP contribution in [0.4, 0.5) is 5.69 Å². The van der Waals surface area contributed by atoms with Crippen molar-refractivity contribution in [3.63, 3.8) is 0 Å². The summed E-state index contributed by atoms with van der Waals surface area (Å²) in [6.45, 7) is 0. The summed E-state index contributed by atoms with van der Waals surface area (Å²) < 4.78 is 29.0. The molecule has 0 fully saturated rings. The van der Waals surface area contributed by atoms with E-state index in [0.29, 0.717) is 16.1 Å². The average molecular weight is 406 g/mol. The van der Waals surface area contributed by atoms with E-state index in [0.717, 1.165) is 22.9 Å². The second-order valence-corrected chi connectivity index (χ2v) is 8.96. The van der Waals surface area contributed by atoms with E-state index in [4.69, 9.17) is 11.6 Å². The van der Waals surface area contributed by atoms with E-state index in [1.54, 1.807) is 18.2 Å². The second kappa shape index (κ2) is 6.36. The molecule has 5 rings (SSSR count). The van der Waals surface area contributed by atoms with Gasteiger partial charge in [-0.15, -0.1) is 0 Å². The summed E-state index contributed by atoms with van der Waals surface area (Å²) in [5.74, 6) is 0. The second-order valence-electron chi connectivity index (χ2n) is 6.91. The highest BCUT2D eigenvalue weighted by Gasteiger charge is 2.22. The van der Waals surface area contributed by atoms with Crippen LogP contribution < -0.4 is 4.72 Å². The summed E-state index contributed by atoms with van der Waals surface area (Å²) in [6.07, 6.45) is 0.807. The number of anilines is 1. The van der Waals surface area contributed by atoms with Gasteiger partial charge in [-0.1, -0.05) is 66.2 Å². The maximum absolute atomic E-state index is 13.1. The average Bonchev–Trinajstić information content (AvgIpc) is 3.05. The molecule has 1 aliphatic rings. The molecular weight excluding hydrogens is 390 g/mol. The molecule has 0 unspecified atom stereocenters. The first-order valence-electron chi connectivity index (χ1n) is 8.94. The number of rotatable bonds is 3.